The van der Waals surface area contributed by atoms with Crippen molar-refractivity contribution in [1.29, 1.82) is 0 Å². The number of rotatable bonds is 8. The summed E-state index contributed by atoms with van der Waals surface area (Å²) in [6.45, 7) is 7.59. The van der Waals surface area contributed by atoms with Crippen LogP contribution in [-0.2, 0) is 14.8 Å². The molecule has 2 amide bonds. The molecule has 3 rings (SSSR count). The molecule has 1 saturated heterocycles. The van der Waals surface area contributed by atoms with Crippen molar-refractivity contribution in [3.63, 3.8) is 0 Å². The number of hydrogen-bond donors (Lipinski definition) is 2. The number of piperidine rings is 1. The van der Waals surface area contributed by atoms with Gasteiger partial charge in [0.2, 0.25) is 5.91 Å². The molecular weight excluding hydrogens is 438 g/mol. The molecule has 1 atom stereocenters. The predicted molar refractivity (Wildman–Crippen MR) is 130 cm³/mol. The highest BCUT2D eigenvalue weighted by Crippen LogP contribution is 2.22. The average Bonchev–Trinajstić information content (AvgIpc) is 2.81. The Morgan fingerprint density at radius 2 is 1.79 bits per heavy atom. The van der Waals surface area contributed by atoms with E-state index in [2.05, 4.69) is 17.0 Å². The lowest BCUT2D eigenvalue weighted by molar-refractivity contribution is -0.126. The van der Waals surface area contributed by atoms with Crippen molar-refractivity contribution in [2.45, 2.75) is 51.3 Å². The summed E-state index contributed by atoms with van der Waals surface area (Å²) in [7, 11) is -3.77. The van der Waals surface area contributed by atoms with Gasteiger partial charge in [-0.15, -0.1) is 0 Å². The van der Waals surface area contributed by atoms with E-state index in [-0.39, 0.29) is 22.6 Å². The first-order valence-electron chi connectivity index (χ1n) is 11.5. The third-order valence-corrected chi connectivity index (χ3v) is 7.48. The van der Waals surface area contributed by atoms with Crippen LogP contribution in [0.3, 0.4) is 0 Å². The average molecular weight is 472 g/mol. The number of carbonyl (C=O) groups excluding carboxylic acids is 2. The maximum Gasteiger partial charge on any atom is 0.261 e. The third kappa shape index (κ3) is 6.35. The lowest BCUT2D eigenvalue weighted by Gasteiger charge is -2.32. The molecule has 0 radical (unpaired) electrons. The van der Waals surface area contributed by atoms with E-state index in [1.807, 2.05) is 19.9 Å². The van der Waals surface area contributed by atoms with Crippen molar-refractivity contribution in [2.24, 2.45) is 5.92 Å². The molecule has 1 heterocycles. The van der Waals surface area contributed by atoms with Gasteiger partial charge < -0.3 is 10.2 Å². The number of benzene rings is 2. The lowest BCUT2D eigenvalue weighted by Crippen LogP contribution is -2.45. The van der Waals surface area contributed by atoms with Gasteiger partial charge in [0.15, 0.2) is 0 Å². The Kier molecular flexibility index (Phi) is 8.13. The van der Waals surface area contributed by atoms with Crippen LogP contribution in [0.5, 0.6) is 0 Å². The molecule has 1 fully saturated rings. The van der Waals surface area contributed by atoms with Crippen molar-refractivity contribution < 1.29 is 18.0 Å². The molecule has 0 saturated carbocycles. The van der Waals surface area contributed by atoms with Crippen LogP contribution in [0.15, 0.2) is 47.4 Å². The second kappa shape index (κ2) is 10.8. The highest BCUT2D eigenvalue weighted by atomic mass is 32.2. The first-order chi connectivity index (χ1) is 15.7. The van der Waals surface area contributed by atoms with Crippen LogP contribution in [0.4, 0.5) is 5.69 Å². The van der Waals surface area contributed by atoms with Crippen LogP contribution < -0.4 is 10.0 Å². The van der Waals surface area contributed by atoms with Crippen molar-refractivity contribution in [1.82, 2.24) is 10.2 Å². The zero-order valence-electron chi connectivity index (χ0n) is 19.6. The van der Waals surface area contributed by atoms with E-state index in [4.69, 9.17) is 0 Å². The molecular formula is C25H33N3O4S. The van der Waals surface area contributed by atoms with Gasteiger partial charge in [0, 0.05) is 30.9 Å². The first-order valence-corrected chi connectivity index (χ1v) is 13.0. The maximum absolute atomic E-state index is 13.0. The fourth-order valence-electron chi connectivity index (χ4n) is 3.89. The standard InChI is InChI=1S/C25H33N3O4S/c1-4-5-14-26-24(29)21-7-6-15-28(17-21)25(30)20-9-12-23(13-10-20)33(31,32)27-22-11-8-18(2)19(3)16-22/h8-13,16,21,27H,4-7,14-15,17H2,1-3H3,(H,26,29). The number of sulfonamides is 1. The van der Waals surface area contributed by atoms with Gasteiger partial charge in [0.1, 0.15) is 0 Å². The van der Waals surface area contributed by atoms with Gasteiger partial charge >= 0.3 is 0 Å². The van der Waals surface area contributed by atoms with E-state index in [1.54, 1.807) is 17.0 Å². The summed E-state index contributed by atoms with van der Waals surface area (Å²) in [6.07, 6.45) is 3.49. The van der Waals surface area contributed by atoms with Gasteiger partial charge in [-0.05, 0) is 80.6 Å². The van der Waals surface area contributed by atoms with Crippen molar-refractivity contribution in [2.75, 3.05) is 24.4 Å². The van der Waals surface area contributed by atoms with Gasteiger partial charge in [-0.1, -0.05) is 19.4 Å². The van der Waals surface area contributed by atoms with E-state index < -0.39 is 10.0 Å². The van der Waals surface area contributed by atoms with Crippen LogP contribution in [0, 0.1) is 19.8 Å². The summed E-state index contributed by atoms with van der Waals surface area (Å²) in [5.74, 6) is -0.395. The largest absolute Gasteiger partial charge is 0.356 e. The number of likely N-dealkylation sites (tertiary alicyclic amines) is 1. The molecule has 7 nitrogen and oxygen atoms in total. The van der Waals surface area contributed by atoms with E-state index in [9.17, 15) is 18.0 Å². The second-order valence-corrected chi connectivity index (χ2v) is 10.3. The molecule has 2 aromatic carbocycles. The quantitative estimate of drug-likeness (QED) is 0.571. The number of amides is 2. The summed E-state index contributed by atoms with van der Waals surface area (Å²) < 4.78 is 28.1. The molecule has 0 aliphatic carbocycles. The van der Waals surface area contributed by atoms with E-state index in [0.29, 0.717) is 30.9 Å². The van der Waals surface area contributed by atoms with Crippen molar-refractivity contribution >= 4 is 27.5 Å². The molecule has 0 aromatic heterocycles. The fourth-order valence-corrected chi connectivity index (χ4v) is 4.94. The lowest BCUT2D eigenvalue weighted by atomic mass is 9.96. The monoisotopic (exact) mass is 471 g/mol. The molecule has 178 valence electrons. The van der Waals surface area contributed by atoms with Crippen LogP contribution in [0.1, 0.15) is 54.1 Å². The Balaban J connectivity index is 1.65. The van der Waals surface area contributed by atoms with Gasteiger partial charge in [0.25, 0.3) is 15.9 Å². The van der Waals surface area contributed by atoms with Crippen LogP contribution >= 0.6 is 0 Å². The number of nitrogens with one attached hydrogen (secondary N) is 2. The Morgan fingerprint density at radius 1 is 1.06 bits per heavy atom. The maximum atomic E-state index is 13.0. The fraction of sp³-hybridized carbons (Fsp3) is 0.440. The van der Waals surface area contributed by atoms with Crippen molar-refractivity contribution in [3.05, 3.63) is 59.2 Å². The predicted octanol–water partition coefficient (Wildman–Crippen LogP) is 3.87. The topological polar surface area (TPSA) is 95.6 Å². The summed E-state index contributed by atoms with van der Waals surface area (Å²) in [5, 5.41) is 2.95. The van der Waals surface area contributed by atoms with E-state index >= 15 is 0 Å². The molecule has 8 heteroatoms. The van der Waals surface area contributed by atoms with Gasteiger partial charge in [0.05, 0.1) is 10.8 Å². The Morgan fingerprint density at radius 3 is 2.45 bits per heavy atom. The highest BCUT2D eigenvalue weighted by molar-refractivity contribution is 7.92. The SMILES string of the molecule is CCCCNC(=O)C1CCCN(C(=O)c2ccc(S(=O)(=O)Nc3ccc(C)c(C)c3)cc2)C1. The van der Waals surface area contributed by atoms with Crippen LogP contribution in [0.2, 0.25) is 0 Å². The van der Waals surface area contributed by atoms with Gasteiger partial charge in [-0.3, -0.25) is 14.3 Å². The minimum atomic E-state index is -3.77. The summed E-state index contributed by atoms with van der Waals surface area (Å²) in [6, 6.07) is 11.3. The van der Waals surface area contributed by atoms with Crippen LogP contribution in [-0.4, -0.2) is 44.8 Å². The van der Waals surface area contributed by atoms with E-state index in [1.165, 1.54) is 24.3 Å². The molecule has 2 aromatic rings. The zero-order valence-corrected chi connectivity index (χ0v) is 20.4. The van der Waals surface area contributed by atoms with Crippen molar-refractivity contribution in [3.8, 4) is 0 Å². The smallest absolute Gasteiger partial charge is 0.261 e. The van der Waals surface area contributed by atoms with Crippen LogP contribution in [0.25, 0.3) is 0 Å². The molecule has 0 spiro atoms. The minimum Gasteiger partial charge on any atom is -0.356 e. The van der Waals surface area contributed by atoms with Gasteiger partial charge in [-0.25, -0.2) is 8.42 Å². The summed E-state index contributed by atoms with van der Waals surface area (Å²) in [5.41, 5.74) is 2.98. The normalized spacial score (nSPS) is 16.3. The number of hydrogen-bond acceptors (Lipinski definition) is 4. The molecule has 1 unspecified atom stereocenters. The number of unbranched alkanes of at least 4 members (excludes halogenated alkanes) is 1. The first kappa shape index (κ1) is 24.8. The second-order valence-electron chi connectivity index (χ2n) is 8.66. The number of aryl methyl sites for hydroxylation is 2. The molecule has 1 aliphatic heterocycles. The number of anilines is 1. The summed E-state index contributed by atoms with van der Waals surface area (Å²) in [4.78, 5) is 27.2. The summed E-state index contributed by atoms with van der Waals surface area (Å²) >= 11 is 0. The Bertz CT molecular complexity index is 1100. The molecule has 33 heavy (non-hydrogen) atoms. The van der Waals surface area contributed by atoms with E-state index in [0.717, 1.165) is 36.8 Å². The Hall–Kier alpha value is -2.87. The molecule has 1 aliphatic rings. The highest BCUT2D eigenvalue weighted by Gasteiger charge is 2.29. The zero-order chi connectivity index (χ0) is 24.0. The number of carbonyl (C=O) groups is 2. The molecule has 0 bridgehead atoms. The molecule has 2 N–H and O–H groups in total. The Labute approximate surface area is 196 Å². The number of nitrogens with zero attached hydrogens (tertiary/aromatic N) is 1. The minimum absolute atomic E-state index is 0.000178. The van der Waals surface area contributed by atoms with Gasteiger partial charge in [-0.2, -0.15) is 0 Å². The third-order valence-electron chi connectivity index (χ3n) is 6.08.